The van der Waals surface area contributed by atoms with Crippen LogP contribution in [0.1, 0.15) is 39.3 Å². The second-order valence-electron chi connectivity index (χ2n) is 7.01. The molecule has 2 heterocycles. The van der Waals surface area contributed by atoms with Crippen LogP contribution in [-0.2, 0) is 11.2 Å². The molecule has 1 fully saturated rings. The van der Waals surface area contributed by atoms with Crippen molar-refractivity contribution in [3.05, 3.63) is 30.1 Å². The molecule has 2 N–H and O–H groups in total. The Labute approximate surface area is 187 Å². The Morgan fingerprint density at radius 1 is 1.18 bits per heavy atom. The maximum atomic E-state index is 5.55. The third-order valence-corrected chi connectivity index (χ3v) is 5.29. The van der Waals surface area contributed by atoms with Crippen LogP contribution in [0.4, 0.5) is 0 Å². The van der Waals surface area contributed by atoms with Crippen molar-refractivity contribution in [2.24, 2.45) is 10.9 Å². The topological polar surface area (TPSA) is 61.8 Å². The van der Waals surface area contributed by atoms with E-state index in [-0.39, 0.29) is 24.0 Å². The highest BCUT2D eigenvalue weighted by molar-refractivity contribution is 14.0. The Morgan fingerprint density at radius 3 is 2.54 bits per heavy atom. The smallest absolute Gasteiger partial charge is 0.191 e. The van der Waals surface area contributed by atoms with E-state index in [0.29, 0.717) is 12.0 Å². The van der Waals surface area contributed by atoms with Crippen LogP contribution >= 0.6 is 24.0 Å². The number of ether oxygens (including phenoxy) is 1. The van der Waals surface area contributed by atoms with Gasteiger partial charge in [-0.3, -0.25) is 14.9 Å². The highest BCUT2D eigenvalue weighted by atomic mass is 127. The number of nitrogens with zero attached hydrogens (tertiary/aromatic N) is 3. The second kappa shape index (κ2) is 15.0. The molecule has 1 unspecified atom stereocenters. The number of halogens is 1. The van der Waals surface area contributed by atoms with Crippen molar-refractivity contribution in [2.75, 3.05) is 45.9 Å². The summed E-state index contributed by atoms with van der Waals surface area (Å²) in [4.78, 5) is 11.9. The van der Waals surface area contributed by atoms with Gasteiger partial charge in [0.05, 0.1) is 19.8 Å². The number of morpholine rings is 1. The molecule has 1 atom stereocenters. The highest BCUT2D eigenvalue weighted by Gasteiger charge is 2.26. The third-order valence-electron chi connectivity index (χ3n) is 5.29. The molecule has 0 saturated carbocycles. The minimum atomic E-state index is 0. The number of rotatable bonds is 10. The molecule has 1 aliphatic heterocycles. The van der Waals surface area contributed by atoms with E-state index in [0.717, 1.165) is 64.0 Å². The van der Waals surface area contributed by atoms with E-state index in [1.807, 2.05) is 18.3 Å². The summed E-state index contributed by atoms with van der Waals surface area (Å²) in [5.74, 6) is 1.57. The lowest BCUT2D eigenvalue weighted by Crippen LogP contribution is -2.49. The largest absolute Gasteiger partial charge is 0.379 e. The summed E-state index contributed by atoms with van der Waals surface area (Å²) < 4.78 is 5.55. The number of nitrogens with one attached hydrogen (secondary N) is 2. The minimum absolute atomic E-state index is 0. The van der Waals surface area contributed by atoms with E-state index in [9.17, 15) is 0 Å². The van der Waals surface area contributed by atoms with E-state index in [4.69, 9.17) is 9.73 Å². The van der Waals surface area contributed by atoms with Gasteiger partial charge in [0.2, 0.25) is 0 Å². The molecule has 0 amide bonds. The molecular formula is C21H38IN5O. The maximum Gasteiger partial charge on any atom is 0.191 e. The zero-order valence-corrected chi connectivity index (χ0v) is 20.0. The first-order chi connectivity index (χ1) is 13.3. The summed E-state index contributed by atoms with van der Waals surface area (Å²) in [5, 5.41) is 6.84. The van der Waals surface area contributed by atoms with Crippen LogP contribution in [0.3, 0.4) is 0 Å². The lowest BCUT2D eigenvalue weighted by atomic mass is 9.92. The van der Waals surface area contributed by atoms with Gasteiger partial charge in [0.1, 0.15) is 0 Å². The molecule has 1 saturated heterocycles. The average Bonchev–Trinajstić information content (AvgIpc) is 2.72. The molecule has 1 aromatic rings. The number of aromatic nitrogens is 1. The normalized spacial score (nSPS) is 16.5. The molecule has 28 heavy (non-hydrogen) atoms. The van der Waals surface area contributed by atoms with Crippen LogP contribution in [0.5, 0.6) is 0 Å². The SMILES string of the molecule is CCNC(=NCC(C(CC)CC)N1CCOCC1)NCCc1ccccn1.I. The molecule has 0 aliphatic carbocycles. The molecule has 1 aromatic heterocycles. The van der Waals surface area contributed by atoms with Gasteiger partial charge in [0.25, 0.3) is 0 Å². The minimum Gasteiger partial charge on any atom is -0.379 e. The number of aliphatic imine (C=N–C) groups is 1. The number of hydrogen-bond acceptors (Lipinski definition) is 4. The van der Waals surface area contributed by atoms with Gasteiger partial charge in [0.15, 0.2) is 5.96 Å². The number of hydrogen-bond donors (Lipinski definition) is 2. The van der Waals surface area contributed by atoms with Gasteiger partial charge in [-0.05, 0) is 25.0 Å². The van der Waals surface area contributed by atoms with Crippen LogP contribution in [-0.4, -0.2) is 67.8 Å². The molecule has 1 aliphatic rings. The van der Waals surface area contributed by atoms with Crippen LogP contribution in [0.25, 0.3) is 0 Å². The van der Waals surface area contributed by atoms with Crippen LogP contribution in [0.15, 0.2) is 29.4 Å². The fourth-order valence-electron chi connectivity index (χ4n) is 3.69. The first-order valence-electron chi connectivity index (χ1n) is 10.5. The van der Waals surface area contributed by atoms with Crippen molar-refractivity contribution in [1.29, 1.82) is 0 Å². The third kappa shape index (κ3) is 8.61. The summed E-state index contributed by atoms with van der Waals surface area (Å²) in [6.07, 6.45) is 5.12. The molecule has 0 bridgehead atoms. The van der Waals surface area contributed by atoms with E-state index in [1.54, 1.807) is 0 Å². The van der Waals surface area contributed by atoms with Gasteiger partial charge in [-0.25, -0.2) is 0 Å². The van der Waals surface area contributed by atoms with Crippen LogP contribution in [0.2, 0.25) is 0 Å². The van der Waals surface area contributed by atoms with Gasteiger partial charge in [0, 0.05) is 50.5 Å². The van der Waals surface area contributed by atoms with Gasteiger partial charge in [-0.15, -0.1) is 24.0 Å². The highest BCUT2D eigenvalue weighted by Crippen LogP contribution is 2.20. The Hall–Kier alpha value is -0.930. The summed E-state index contributed by atoms with van der Waals surface area (Å²) in [5.41, 5.74) is 1.10. The van der Waals surface area contributed by atoms with Crippen LogP contribution < -0.4 is 10.6 Å². The first-order valence-corrected chi connectivity index (χ1v) is 10.5. The zero-order chi connectivity index (χ0) is 19.3. The Balaban J connectivity index is 0.00000392. The number of pyridine rings is 1. The van der Waals surface area contributed by atoms with Crippen molar-refractivity contribution < 1.29 is 4.74 Å². The lowest BCUT2D eigenvalue weighted by molar-refractivity contribution is 0.00395. The van der Waals surface area contributed by atoms with E-state index < -0.39 is 0 Å². The lowest BCUT2D eigenvalue weighted by Gasteiger charge is -2.38. The van der Waals surface area contributed by atoms with Gasteiger partial charge in [-0.1, -0.05) is 32.8 Å². The fourth-order valence-corrected chi connectivity index (χ4v) is 3.69. The molecule has 0 radical (unpaired) electrons. The standard InChI is InChI=1S/C21H37N5O.HI/c1-4-18(5-2)20(26-13-15-27-16-14-26)17-25-21(22-6-3)24-12-10-19-9-7-8-11-23-19;/h7-9,11,18,20H,4-6,10,12-17H2,1-3H3,(H2,22,24,25);1H. The average molecular weight is 503 g/mol. The zero-order valence-electron chi connectivity index (χ0n) is 17.7. The van der Waals surface area contributed by atoms with Crippen molar-refractivity contribution in [3.8, 4) is 0 Å². The predicted molar refractivity (Wildman–Crippen MR) is 128 cm³/mol. The summed E-state index contributed by atoms with van der Waals surface area (Å²) in [6, 6.07) is 6.53. The van der Waals surface area contributed by atoms with Crippen molar-refractivity contribution in [2.45, 2.75) is 46.1 Å². The van der Waals surface area contributed by atoms with E-state index >= 15 is 0 Å². The molecule has 0 aromatic carbocycles. The molecule has 0 spiro atoms. The predicted octanol–water partition coefficient (Wildman–Crippen LogP) is 2.93. The second-order valence-corrected chi connectivity index (χ2v) is 7.01. The van der Waals surface area contributed by atoms with E-state index in [2.05, 4.69) is 47.4 Å². The quantitative estimate of drug-likeness (QED) is 0.292. The molecule has 2 rings (SSSR count). The molecular weight excluding hydrogens is 465 g/mol. The summed E-state index contributed by atoms with van der Waals surface area (Å²) in [6.45, 7) is 12.9. The summed E-state index contributed by atoms with van der Waals surface area (Å²) >= 11 is 0. The van der Waals surface area contributed by atoms with Crippen LogP contribution in [0, 0.1) is 5.92 Å². The maximum absolute atomic E-state index is 5.55. The van der Waals surface area contributed by atoms with Crippen molar-refractivity contribution in [3.63, 3.8) is 0 Å². The van der Waals surface area contributed by atoms with Crippen molar-refractivity contribution >= 4 is 29.9 Å². The molecule has 7 heteroatoms. The Bertz CT molecular complexity index is 533. The van der Waals surface area contributed by atoms with Gasteiger partial charge >= 0.3 is 0 Å². The number of guanidine groups is 1. The molecule has 160 valence electrons. The fraction of sp³-hybridized carbons (Fsp3) is 0.714. The van der Waals surface area contributed by atoms with Crippen molar-refractivity contribution in [1.82, 2.24) is 20.5 Å². The monoisotopic (exact) mass is 503 g/mol. The van der Waals surface area contributed by atoms with Gasteiger partial charge in [-0.2, -0.15) is 0 Å². The first kappa shape index (κ1) is 25.1. The van der Waals surface area contributed by atoms with E-state index in [1.165, 1.54) is 12.8 Å². The summed E-state index contributed by atoms with van der Waals surface area (Å²) in [7, 11) is 0. The Morgan fingerprint density at radius 2 is 1.93 bits per heavy atom. The Kier molecular flexibility index (Phi) is 13.4. The van der Waals surface area contributed by atoms with Gasteiger partial charge < -0.3 is 15.4 Å². The molecule has 6 nitrogen and oxygen atoms in total.